The molecule has 0 aliphatic rings. The average Bonchev–Trinajstić information content (AvgIpc) is 2.55. The highest BCUT2D eigenvalue weighted by molar-refractivity contribution is 5.79. The number of fused-ring (bicyclic) bond motifs is 1. The molecule has 1 heterocycles. The molecule has 0 unspecified atom stereocenters. The molecule has 2 heteroatoms. The molecule has 3 rings (SSSR count). The van der Waals surface area contributed by atoms with Crippen LogP contribution in [0.3, 0.4) is 0 Å². The molecule has 3 aromatic rings. The van der Waals surface area contributed by atoms with Gasteiger partial charge in [0.05, 0.1) is 22.4 Å². The zero-order chi connectivity index (χ0) is 16.4. The van der Waals surface area contributed by atoms with Gasteiger partial charge in [-0.3, -0.25) is 0 Å². The molecule has 0 atom stereocenters. The normalized spacial score (nSPS) is 10.7. The van der Waals surface area contributed by atoms with Gasteiger partial charge in [-0.15, -0.1) is 12.3 Å². The molecule has 0 saturated carbocycles. The van der Waals surface area contributed by atoms with Crippen LogP contribution in [0.1, 0.15) is 28.8 Å². The second-order valence-electron chi connectivity index (χ2n) is 5.98. The third kappa shape index (κ3) is 3.10. The summed E-state index contributed by atoms with van der Waals surface area (Å²) in [5, 5.41) is 0. The minimum atomic E-state index is 0.745. The van der Waals surface area contributed by atoms with Crippen molar-refractivity contribution >= 4 is 11.0 Å². The summed E-state index contributed by atoms with van der Waals surface area (Å²) in [6, 6.07) is 12.7. The lowest BCUT2D eigenvalue weighted by atomic mass is 10.0. The van der Waals surface area contributed by atoms with Gasteiger partial charge in [-0.25, -0.2) is 9.97 Å². The summed E-state index contributed by atoms with van der Waals surface area (Å²) in [6.07, 6.45) is 6.98. The molecule has 114 valence electrons. The van der Waals surface area contributed by atoms with Crippen LogP contribution in [-0.4, -0.2) is 9.97 Å². The Bertz CT molecular complexity index is 917. The first-order valence-electron chi connectivity index (χ1n) is 7.87. The predicted molar refractivity (Wildman–Crippen MR) is 96.3 cm³/mol. The summed E-state index contributed by atoms with van der Waals surface area (Å²) in [7, 11) is 0. The lowest BCUT2D eigenvalue weighted by Gasteiger charge is -2.09. The Hall–Kier alpha value is -2.66. The molecule has 0 spiro atoms. The minimum absolute atomic E-state index is 0.745. The van der Waals surface area contributed by atoms with Crippen LogP contribution >= 0.6 is 0 Å². The van der Waals surface area contributed by atoms with Crippen LogP contribution < -0.4 is 0 Å². The van der Waals surface area contributed by atoms with Crippen LogP contribution in [0.15, 0.2) is 36.4 Å². The van der Waals surface area contributed by atoms with E-state index in [0.29, 0.717) is 0 Å². The Morgan fingerprint density at radius 2 is 1.74 bits per heavy atom. The first-order chi connectivity index (χ1) is 11.1. The summed E-state index contributed by atoms with van der Waals surface area (Å²) < 4.78 is 0. The fourth-order valence-electron chi connectivity index (χ4n) is 2.72. The van der Waals surface area contributed by atoms with Gasteiger partial charge in [-0.2, -0.15) is 0 Å². The van der Waals surface area contributed by atoms with E-state index in [0.717, 1.165) is 40.8 Å². The quantitative estimate of drug-likeness (QED) is 0.650. The first-order valence-corrected chi connectivity index (χ1v) is 7.87. The van der Waals surface area contributed by atoms with Crippen molar-refractivity contribution < 1.29 is 0 Å². The van der Waals surface area contributed by atoms with Gasteiger partial charge in [0.2, 0.25) is 0 Å². The molecule has 0 saturated heterocycles. The van der Waals surface area contributed by atoms with Crippen molar-refractivity contribution in [1.82, 2.24) is 9.97 Å². The summed E-state index contributed by atoms with van der Waals surface area (Å²) in [4.78, 5) is 9.59. The van der Waals surface area contributed by atoms with Crippen LogP contribution in [0, 0.1) is 33.1 Å². The van der Waals surface area contributed by atoms with Crippen molar-refractivity contribution in [3.8, 4) is 23.6 Å². The first kappa shape index (κ1) is 15.2. The summed E-state index contributed by atoms with van der Waals surface area (Å²) >= 11 is 0. The number of aromatic nitrogens is 2. The van der Waals surface area contributed by atoms with E-state index >= 15 is 0 Å². The van der Waals surface area contributed by atoms with Gasteiger partial charge in [-0.1, -0.05) is 18.2 Å². The van der Waals surface area contributed by atoms with Gasteiger partial charge in [0.1, 0.15) is 0 Å². The van der Waals surface area contributed by atoms with Crippen molar-refractivity contribution in [2.75, 3.05) is 0 Å². The van der Waals surface area contributed by atoms with Crippen molar-refractivity contribution in [2.45, 2.75) is 33.6 Å². The minimum Gasteiger partial charge on any atom is -0.249 e. The van der Waals surface area contributed by atoms with Gasteiger partial charge in [0.25, 0.3) is 0 Å². The summed E-state index contributed by atoms with van der Waals surface area (Å²) in [5.74, 6) is 2.69. The Balaban J connectivity index is 2.11. The molecule has 0 bridgehead atoms. The lowest BCUT2D eigenvalue weighted by molar-refractivity contribution is 1.03. The van der Waals surface area contributed by atoms with Gasteiger partial charge < -0.3 is 0 Å². The average molecular weight is 300 g/mol. The SMILES string of the molecule is C#CCCc1ccc2nc(C)c(-c3ccc(C)c(C)c3)nc2c1. The molecular weight excluding hydrogens is 280 g/mol. The monoisotopic (exact) mass is 300 g/mol. The molecule has 2 nitrogen and oxygen atoms in total. The maximum atomic E-state index is 5.36. The summed E-state index contributed by atoms with van der Waals surface area (Å²) in [6.45, 7) is 6.26. The number of hydrogen-bond acceptors (Lipinski definition) is 2. The highest BCUT2D eigenvalue weighted by atomic mass is 14.8. The van der Waals surface area contributed by atoms with Crippen LogP contribution in [-0.2, 0) is 6.42 Å². The molecule has 0 aliphatic heterocycles. The van der Waals surface area contributed by atoms with Crippen LogP contribution in [0.4, 0.5) is 0 Å². The molecule has 0 amide bonds. The Morgan fingerprint density at radius 1 is 0.913 bits per heavy atom. The van der Waals surface area contributed by atoms with E-state index in [1.54, 1.807) is 0 Å². The molecule has 23 heavy (non-hydrogen) atoms. The number of aryl methyl sites for hydroxylation is 4. The largest absolute Gasteiger partial charge is 0.249 e. The van der Waals surface area contributed by atoms with E-state index in [1.165, 1.54) is 16.7 Å². The number of terminal acetylenes is 1. The van der Waals surface area contributed by atoms with E-state index < -0.39 is 0 Å². The second kappa shape index (κ2) is 6.22. The molecular formula is C21H20N2. The standard InChI is InChI=1S/C21H20N2/c1-5-6-7-17-9-11-19-20(13-17)23-21(16(4)22-19)18-10-8-14(2)15(3)12-18/h1,8-13H,6-7H2,2-4H3. The van der Waals surface area contributed by atoms with Crippen LogP contribution in [0.5, 0.6) is 0 Å². The van der Waals surface area contributed by atoms with E-state index in [4.69, 9.17) is 16.4 Å². The van der Waals surface area contributed by atoms with E-state index in [9.17, 15) is 0 Å². The molecule has 0 fully saturated rings. The number of hydrogen-bond donors (Lipinski definition) is 0. The van der Waals surface area contributed by atoms with Crippen molar-refractivity contribution in [3.63, 3.8) is 0 Å². The predicted octanol–water partition coefficient (Wildman–Crippen LogP) is 4.79. The summed E-state index contributed by atoms with van der Waals surface area (Å²) in [5.41, 5.74) is 8.65. The van der Waals surface area contributed by atoms with Gasteiger partial charge in [0.15, 0.2) is 0 Å². The van der Waals surface area contributed by atoms with E-state index in [1.807, 2.05) is 13.0 Å². The fraction of sp³-hybridized carbons (Fsp3) is 0.238. The molecule has 0 aliphatic carbocycles. The zero-order valence-electron chi connectivity index (χ0n) is 13.9. The van der Waals surface area contributed by atoms with Crippen molar-refractivity contribution in [2.24, 2.45) is 0 Å². The molecule has 0 N–H and O–H groups in total. The Kier molecular flexibility index (Phi) is 4.12. The highest BCUT2D eigenvalue weighted by Crippen LogP contribution is 2.25. The topological polar surface area (TPSA) is 25.8 Å². The maximum Gasteiger partial charge on any atom is 0.0922 e. The van der Waals surface area contributed by atoms with Gasteiger partial charge >= 0.3 is 0 Å². The Labute approximate surface area is 137 Å². The van der Waals surface area contributed by atoms with Crippen LogP contribution in [0.2, 0.25) is 0 Å². The van der Waals surface area contributed by atoms with Gasteiger partial charge in [0, 0.05) is 12.0 Å². The number of benzene rings is 2. The smallest absolute Gasteiger partial charge is 0.0922 e. The van der Waals surface area contributed by atoms with Gasteiger partial charge in [-0.05, 0) is 62.1 Å². The third-order valence-electron chi connectivity index (χ3n) is 4.24. The molecule has 2 aromatic carbocycles. The second-order valence-corrected chi connectivity index (χ2v) is 5.98. The highest BCUT2D eigenvalue weighted by Gasteiger charge is 2.09. The lowest BCUT2D eigenvalue weighted by Crippen LogP contribution is -1.96. The third-order valence-corrected chi connectivity index (χ3v) is 4.24. The van der Waals surface area contributed by atoms with E-state index in [2.05, 4.69) is 50.1 Å². The fourth-order valence-corrected chi connectivity index (χ4v) is 2.72. The van der Waals surface area contributed by atoms with Crippen molar-refractivity contribution in [3.05, 3.63) is 58.8 Å². The number of rotatable bonds is 3. The molecule has 1 aromatic heterocycles. The molecule has 0 radical (unpaired) electrons. The Morgan fingerprint density at radius 3 is 2.48 bits per heavy atom. The number of nitrogens with zero attached hydrogens (tertiary/aromatic N) is 2. The maximum absolute atomic E-state index is 5.36. The van der Waals surface area contributed by atoms with Crippen molar-refractivity contribution in [1.29, 1.82) is 0 Å². The zero-order valence-corrected chi connectivity index (χ0v) is 13.9. The van der Waals surface area contributed by atoms with Crippen LogP contribution in [0.25, 0.3) is 22.3 Å². The van der Waals surface area contributed by atoms with E-state index in [-0.39, 0.29) is 0 Å².